The number of hydrogen-bond acceptors (Lipinski definition) is 4. The van der Waals surface area contributed by atoms with Crippen LogP contribution >= 0.6 is 0 Å². The van der Waals surface area contributed by atoms with Crippen molar-refractivity contribution in [2.45, 2.75) is 219 Å². The van der Waals surface area contributed by atoms with Gasteiger partial charge < -0.3 is 9.47 Å². The van der Waals surface area contributed by atoms with Gasteiger partial charge in [0.15, 0.2) is 0 Å². The van der Waals surface area contributed by atoms with Crippen molar-refractivity contribution in [3.05, 3.63) is 24.3 Å². The van der Waals surface area contributed by atoms with Crippen molar-refractivity contribution in [2.75, 3.05) is 0 Å². The zero-order chi connectivity index (χ0) is 33.2. The summed E-state index contributed by atoms with van der Waals surface area (Å²) in [4.78, 5) is 24.6. The van der Waals surface area contributed by atoms with Crippen LogP contribution in [0.5, 0.6) is 11.5 Å². The van der Waals surface area contributed by atoms with Gasteiger partial charge in [0, 0.05) is 18.9 Å². The van der Waals surface area contributed by atoms with Gasteiger partial charge in [-0.1, -0.05) is 200 Å². The second-order valence-corrected chi connectivity index (χ2v) is 13.8. The largest absolute Gasteiger partial charge is 0.426 e. The van der Waals surface area contributed by atoms with E-state index in [1.54, 1.807) is 24.3 Å². The summed E-state index contributed by atoms with van der Waals surface area (Å²) in [6, 6.07) is 6.91. The van der Waals surface area contributed by atoms with Gasteiger partial charge in [-0.2, -0.15) is 0 Å². The molecule has 4 nitrogen and oxygen atoms in total. The Morgan fingerprint density at radius 2 is 0.630 bits per heavy atom. The summed E-state index contributed by atoms with van der Waals surface area (Å²) in [6.07, 6.45) is 40.1. The number of esters is 2. The van der Waals surface area contributed by atoms with Crippen molar-refractivity contribution < 1.29 is 19.1 Å². The van der Waals surface area contributed by atoms with Crippen LogP contribution in [0.2, 0.25) is 0 Å². The molecule has 1 aromatic carbocycles. The number of benzene rings is 1. The highest BCUT2D eigenvalue weighted by molar-refractivity contribution is 5.74. The second-order valence-electron chi connectivity index (χ2n) is 13.8. The van der Waals surface area contributed by atoms with Crippen molar-refractivity contribution in [1.29, 1.82) is 0 Å². The summed E-state index contributed by atoms with van der Waals surface area (Å²) >= 11 is 0. The highest BCUT2D eigenvalue weighted by Crippen LogP contribution is 2.22. The SMILES string of the molecule is CCCCCCCCCCCCCCCCCC(=O)Oc1cccc(OC(=O)CCCCCCCCCCCCCCCCC)c1. The van der Waals surface area contributed by atoms with E-state index >= 15 is 0 Å². The Kier molecular flexibility index (Phi) is 30.3. The molecule has 1 rings (SSSR count). The molecule has 0 spiro atoms. The van der Waals surface area contributed by atoms with Gasteiger partial charge in [-0.3, -0.25) is 9.59 Å². The standard InChI is InChI=1S/C42H74O4/c1-3-5-7-9-11-13-15-17-19-21-23-25-27-29-31-36-41(43)45-39-34-33-35-40(38-39)46-42(44)37-32-30-28-26-24-22-20-18-16-14-12-10-8-6-4-2/h33-35,38H,3-32,36-37H2,1-2H3. The first-order valence-electron chi connectivity index (χ1n) is 20.2. The molecule has 0 amide bonds. The van der Waals surface area contributed by atoms with E-state index in [4.69, 9.17) is 9.47 Å². The lowest BCUT2D eigenvalue weighted by Gasteiger charge is -2.08. The molecule has 0 saturated heterocycles. The van der Waals surface area contributed by atoms with Crippen LogP contribution in [0.1, 0.15) is 219 Å². The zero-order valence-electron chi connectivity index (χ0n) is 30.6. The maximum Gasteiger partial charge on any atom is 0.311 e. The predicted octanol–water partition coefficient (Wildman–Crippen LogP) is 14.0. The molecule has 0 saturated carbocycles. The van der Waals surface area contributed by atoms with E-state index in [1.165, 1.54) is 167 Å². The minimum Gasteiger partial charge on any atom is -0.426 e. The van der Waals surface area contributed by atoms with Gasteiger partial charge in [0.1, 0.15) is 11.5 Å². The van der Waals surface area contributed by atoms with Gasteiger partial charge >= 0.3 is 11.9 Å². The van der Waals surface area contributed by atoms with Crippen molar-refractivity contribution in [1.82, 2.24) is 0 Å². The fourth-order valence-corrected chi connectivity index (χ4v) is 6.25. The normalized spacial score (nSPS) is 11.2. The summed E-state index contributed by atoms with van der Waals surface area (Å²) < 4.78 is 11.0. The first-order chi connectivity index (χ1) is 22.7. The average Bonchev–Trinajstić information content (AvgIpc) is 3.05. The summed E-state index contributed by atoms with van der Waals surface area (Å²) in [5.74, 6) is 0.471. The molecule has 4 heteroatoms. The van der Waals surface area contributed by atoms with Gasteiger partial charge in [0.05, 0.1) is 0 Å². The molecule has 0 aliphatic heterocycles. The molecule has 0 aliphatic carbocycles. The van der Waals surface area contributed by atoms with Crippen LogP contribution in [0.15, 0.2) is 24.3 Å². The number of carbonyl (C=O) groups excluding carboxylic acids is 2. The van der Waals surface area contributed by atoms with Crippen LogP contribution < -0.4 is 9.47 Å². The fraction of sp³-hybridized carbons (Fsp3) is 0.810. The van der Waals surface area contributed by atoms with Crippen molar-refractivity contribution >= 4 is 11.9 Å². The Labute approximate surface area is 285 Å². The molecule has 1 aromatic rings. The highest BCUT2D eigenvalue weighted by atomic mass is 16.5. The van der Waals surface area contributed by atoms with E-state index in [0.29, 0.717) is 24.3 Å². The van der Waals surface area contributed by atoms with Gasteiger partial charge in [-0.05, 0) is 25.0 Å². The number of carbonyl (C=O) groups is 2. The quantitative estimate of drug-likeness (QED) is 0.0426. The Morgan fingerprint density at radius 1 is 0.391 bits per heavy atom. The zero-order valence-corrected chi connectivity index (χ0v) is 30.6. The Bertz CT molecular complexity index is 756. The van der Waals surface area contributed by atoms with Gasteiger partial charge in [0.2, 0.25) is 0 Å². The highest BCUT2D eigenvalue weighted by Gasteiger charge is 2.09. The van der Waals surface area contributed by atoms with Gasteiger partial charge in [-0.15, -0.1) is 0 Å². The molecule has 0 N–H and O–H groups in total. The summed E-state index contributed by atoms with van der Waals surface area (Å²) in [7, 11) is 0. The molecule has 0 radical (unpaired) electrons. The number of ether oxygens (including phenoxy) is 2. The monoisotopic (exact) mass is 643 g/mol. The van der Waals surface area contributed by atoms with E-state index in [-0.39, 0.29) is 11.9 Å². The molecule has 0 bridgehead atoms. The Balaban J connectivity index is 1.96. The molecule has 0 unspecified atom stereocenters. The lowest BCUT2D eigenvalue weighted by molar-refractivity contribution is -0.135. The second kappa shape index (κ2) is 33.1. The van der Waals surface area contributed by atoms with Crippen LogP contribution in [0.25, 0.3) is 0 Å². The lowest BCUT2D eigenvalue weighted by Crippen LogP contribution is -2.09. The van der Waals surface area contributed by atoms with Crippen LogP contribution in [0.3, 0.4) is 0 Å². The molecule has 0 fully saturated rings. The van der Waals surface area contributed by atoms with Crippen LogP contribution in [0.4, 0.5) is 0 Å². The van der Waals surface area contributed by atoms with Crippen molar-refractivity contribution in [2.24, 2.45) is 0 Å². The topological polar surface area (TPSA) is 52.6 Å². The lowest BCUT2D eigenvalue weighted by atomic mass is 10.0. The van der Waals surface area contributed by atoms with Gasteiger partial charge in [0.25, 0.3) is 0 Å². The molecule has 0 aromatic heterocycles. The fourth-order valence-electron chi connectivity index (χ4n) is 6.25. The van der Waals surface area contributed by atoms with E-state index in [0.717, 1.165) is 25.7 Å². The van der Waals surface area contributed by atoms with Crippen LogP contribution in [0, 0.1) is 0 Å². The number of unbranched alkanes of at least 4 members (excludes halogenated alkanes) is 28. The summed E-state index contributed by atoms with van der Waals surface area (Å²) in [5, 5.41) is 0. The smallest absolute Gasteiger partial charge is 0.311 e. The average molecular weight is 643 g/mol. The van der Waals surface area contributed by atoms with Gasteiger partial charge in [-0.25, -0.2) is 0 Å². The van der Waals surface area contributed by atoms with Crippen LogP contribution in [-0.4, -0.2) is 11.9 Å². The Morgan fingerprint density at radius 3 is 0.891 bits per heavy atom. The molecule has 266 valence electrons. The van der Waals surface area contributed by atoms with Crippen molar-refractivity contribution in [3.8, 4) is 11.5 Å². The number of rotatable bonds is 34. The first-order valence-corrected chi connectivity index (χ1v) is 20.2. The predicted molar refractivity (Wildman–Crippen MR) is 197 cm³/mol. The van der Waals surface area contributed by atoms with Crippen LogP contribution in [-0.2, 0) is 9.59 Å². The Hall–Kier alpha value is -1.84. The maximum absolute atomic E-state index is 12.3. The maximum atomic E-state index is 12.3. The van der Waals surface area contributed by atoms with E-state index in [9.17, 15) is 9.59 Å². The third kappa shape index (κ3) is 28.4. The summed E-state index contributed by atoms with van der Waals surface area (Å²) in [6.45, 7) is 4.55. The van der Waals surface area contributed by atoms with E-state index in [2.05, 4.69) is 13.8 Å². The molecular formula is C42H74O4. The first kappa shape index (κ1) is 42.2. The minimum absolute atomic E-state index is 0.212. The molecule has 46 heavy (non-hydrogen) atoms. The van der Waals surface area contributed by atoms with E-state index in [1.807, 2.05) is 0 Å². The molecule has 0 aliphatic rings. The molecule has 0 atom stereocenters. The third-order valence-electron chi connectivity index (χ3n) is 9.24. The number of hydrogen-bond donors (Lipinski definition) is 0. The third-order valence-corrected chi connectivity index (χ3v) is 9.24. The summed E-state index contributed by atoms with van der Waals surface area (Å²) in [5.41, 5.74) is 0. The van der Waals surface area contributed by atoms with E-state index < -0.39 is 0 Å². The molecule has 0 heterocycles. The van der Waals surface area contributed by atoms with Crippen molar-refractivity contribution in [3.63, 3.8) is 0 Å². The minimum atomic E-state index is -0.212. The molecular weight excluding hydrogens is 568 g/mol.